The molecule has 0 heterocycles. The van der Waals surface area contributed by atoms with Gasteiger partial charge in [-0.2, -0.15) is 0 Å². The predicted molar refractivity (Wildman–Crippen MR) is 102 cm³/mol. The molecule has 4 nitrogen and oxygen atoms in total. The van der Waals surface area contributed by atoms with E-state index in [0.717, 1.165) is 38.2 Å². The van der Waals surface area contributed by atoms with Gasteiger partial charge in [0.1, 0.15) is 5.75 Å². The number of hydrogen-bond donors (Lipinski definition) is 1. The first-order valence-corrected chi connectivity index (χ1v) is 8.91. The highest BCUT2D eigenvalue weighted by Gasteiger charge is 2.03. The van der Waals surface area contributed by atoms with Crippen LogP contribution in [-0.2, 0) is 11.3 Å². The van der Waals surface area contributed by atoms with Crippen molar-refractivity contribution in [1.29, 1.82) is 0 Å². The fraction of sp³-hybridized carbons (Fsp3) is 0.381. The molecule has 0 aromatic heterocycles. The fourth-order valence-corrected chi connectivity index (χ4v) is 2.58. The summed E-state index contributed by atoms with van der Waals surface area (Å²) in [5.74, 6) is 0.951. The second kappa shape index (κ2) is 11.3. The van der Waals surface area contributed by atoms with Gasteiger partial charge in [-0.05, 0) is 44.1 Å². The van der Waals surface area contributed by atoms with E-state index in [-0.39, 0.29) is 5.91 Å². The van der Waals surface area contributed by atoms with Gasteiger partial charge in [-0.1, -0.05) is 48.5 Å². The Morgan fingerprint density at radius 2 is 1.68 bits per heavy atom. The Labute approximate surface area is 150 Å². The molecule has 0 bridgehead atoms. The smallest absolute Gasteiger partial charge is 0.220 e. The summed E-state index contributed by atoms with van der Waals surface area (Å²) < 4.78 is 5.58. The van der Waals surface area contributed by atoms with Gasteiger partial charge in [0.05, 0.1) is 6.61 Å². The van der Waals surface area contributed by atoms with Gasteiger partial charge in [0.15, 0.2) is 0 Å². The lowest BCUT2D eigenvalue weighted by molar-refractivity contribution is -0.121. The number of ether oxygens (including phenoxy) is 1. The van der Waals surface area contributed by atoms with Crippen molar-refractivity contribution in [2.75, 3.05) is 26.7 Å². The third-order valence-electron chi connectivity index (χ3n) is 3.89. The van der Waals surface area contributed by atoms with E-state index in [4.69, 9.17) is 4.74 Å². The summed E-state index contributed by atoms with van der Waals surface area (Å²) in [4.78, 5) is 14.1. The summed E-state index contributed by atoms with van der Waals surface area (Å²) in [5, 5.41) is 2.98. The van der Waals surface area contributed by atoms with Crippen molar-refractivity contribution in [3.63, 3.8) is 0 Å². The Morgan fingerprint density at radius 3 is 2.40 bits per heavy atom. The molecule has 2 aromatic carbocycles. The highest BCUT2D eigenvalue weighted by molar-refractivity contribution is 5.75. The monoisotopic (exact) mass is 340 g/mol. The first kappa shape index (κ1) is 19.0. The highest BCUT2D eigenvalue weighted by atomic mass is 16.5. The normalized spacial score (nSPS) is 10.6. The van der Waals surface area contributed by atoms with Crippen molar-refractivity contribution in [2.24, 2.45) is 0 Å². The third-order valence-corrected chi connectivity index (χ3v) is 3.89. The van der Waals surface area contributed by atoms with Crippen LogP contribution in [0, 0.1) is 0 Å². The van der Waals surface area contributed by atoms with Crippen molar-refractivity contribution in [3.05, 3.63) is 66.2 Å². The van der Waals surface area contributed by atoms with Gasteiger partial charge in [-0.15, -0.1) is 0 Å². The van der Waals surface area contributed by atoms with E-state index < -0.39 is 0 Å². The van der Waals surface area contributed by atoms with Crippen LogP contribution in [0.25, 0.3) is 0 Å². The summed E-state index contributed by atoms with van der Waals surface area (Å²) >= 11 is 0. The van der Waals surface area contributed by atoms with Gasteiger partial charge >= 0.3 is 0 Å². The molecule has 0 atom stereocenters. The van der Waals surface area contributed by atoms with Crippen LogP contribution < -0.4 is 10.1 Å². The average Bonchev–Trinajstić information content (AvgIpc) is 2.64. The van der Waals surface area contributed by atoms with Crippen molar-refractivity contribution in [3.8, 4) is 5.75 Å². The second-order valence-electron chi connectivity index (χ2n) is 6.19. The first-order valence-electron chi connectivity index (χ1n) is 8.91. The molecule has 2 aromatic rings. The largest absolute Gasteiger partial charge is 0.494 e. The van der Waals surface area contributed by atoms with Gasteiger partial charge in [0.2, 0.25) is 5.91 Å². The van der Waals surface area contributed by atoms with Gasteiger partial charge in [-0.3, -0.25) is 4.79 Å². The van der Waals surface area contributed by atoms with E-state index in [1.165, 1.54) is 5.56 Å². The van der Waals surface area contributed by atoms with Crippen LogP contribution in [0.3, 0.4) is 0 Å². The van der Waals surface area contributed by atoms with E-state index in [1.54, 1.807) is 0 Å². The molecule has 0 aliphatic carbocycles. The molecule has 0 unspecified atom stereocenters. The van der Waals surface area contributed by atoms with Crippen LogP contribution in [0.4, 0.5) is 0 Å². The summed E-state index contributed by atoms with van der Waals surface area (Å²) in [6.07, 6.45) is 2.19. The zero-order chi connectivity index (χ0) is 17.7. The minimum Gasteiger partial charge on any atom is -0.494 e. The van der Waals surface area contributed by atoms with E-state index >= 15 is 0 Å². The maximum absolute atomic E-state index is 11.8. The molecule has 0 saturated carbocycles. The standard InChI is InChI=1S/C21H28N2O2/c1-23(18-19-10-4-2-5-11-19)16-9-15-22-21(24)14-8-17-25-20-12-6-3-7-13-20/h2-7,10-13H,8-9,14-18H2,1H3,(H,22,24). The second-order valence-corrected chi connectivity index (χ2v) is 6.19. The lowest BCUT2D eigenvalue weighted by Crippen LogP contribution is -2.28. The van der Waals surface area contributed by atoms with Crippen LogP contribution in [0.1, 0.15) is 24.8 Å². The number of amides is 1. The maximum atomic E-state index is 11.8. The Morgan fingerprint density at radius 1 is 1.00 bits per heavy atom. The van der Waals surface area contributed by atoms with Crippen LogP contribution >= 0.6 is 0 Å². The van der Waals surface area contributed by atoms with E-state index in [2.05, 4.69) is 41.5 Å². The van der Waals surface area contributed by atoms with Gasteiger partial charge in [0, 0.05) is 19.5 Å². The maximum Gasteiger partial charge on any atom is 0.220 e. The lowest BCUT2D eigenvalue weighted by Gasteiger charge is -2.16. The predicted octanol–water partition coefficient (Wildman–Crippen LogP) is 3.48. The molecule has 0 fully saturated rings. The van der Waals surface area contributed by atoms with E-state index in [1.807, 2.05) is 36.4 Å². The molecule has 0 spiro atoms. The molecular formula is C21H28N2O2. The zero-order valence-corrected chi connectivity index (χ0v) is 15.0. The summed E-state index contributed by atoms with van der Waals surface area (Å²) in [5.41, 5.74) is 1.31. The fourth-order valence-electron chi connectivity index (χ4n) is 2.58. The molecule has 1 N–H and O–H groups in total. The van der Waals surface area contributed by atoms with Crippen molar-refractivity contribution in [1.82, 2.24) is 10.2 Å². The van der Waals surface area contributed by atoms with Crippen molar-refractivity contribution < 1.29 is 9.53 Å². The molecule has 4 heteroatoms. The summed E-state index contributed by atoms with van der Waals surface area (Å²) in [6.45, 7) is 3.19. The highest BCUT2D eigenvalue weighted by Crippen LogP contribution is 2.08. The Hall–Kier alpha value is -2.33. The SMILES string of the molecule is CN(CCCNC(=O)CCCOc1ccccc1)Cc1ccccc1. The molecular weight excluding hydrogens is 312 g/mol. The molecule has 134 valence electrons. The molecule has 0 saturated heterocycles. The van der Waals surface area contributed by atoms with Gasteiger partial charge in [-0.25, -0.2) is 0 Å². The van der Waals surface area contributed by atoms with E-state index in [0.29, 0.717) is 13.0 Å². The van der Waals surface area contributed by atoms with Crippen LogP contribution in [0.15, 0.2) is 60.7 Å². The summed E-state index contributed by atoms with van der Waals surface area (Å²) in [7, 11) is 2.11. The zero-order valence-electron chi connectivity index (χ0n) is 15.0. The van der Waals surface area contributed by atoms with Crippen LogP contribution in [-0.4, -0.2) is 37.6 Å². The third kappa shape index (κ3) is 8.36. The number of benzene rings is 2. The van der Waals surface area contributed by atoms with Gasteiger partial charge < -0.3 is 15.0 Å². The molecule has 0 aliphatic rings. The topological polar surface area (TPSA) is 41.6 Å². The van der Waals surface area contributed by atoms with Crippen LogP contribution in [0.2, 0.25) is 0 Å². The minimum atomic E-state index is 0.0994. The molecule has 0 radical (unpaired) electrons. The average molecular weight is 340 g/mol. The lowest BCUT2D eigenvalue weighted by atomic mass is 10.2. The quantitative estimate of drug-likeness (QED) is 0.637. The number of carbonyl (C=O) groups is 1. The molecule has 25 heavy (non-hydrogen) atoms. The Bertz CT molecular complexity index is 602. The molecule has 0 aliphatic heterocycles. The van der Waals surface area contributed by atoms with Crippen molar-refractivity contribution in [2.45, 2.75) is 25.8 Å². The van der Waals surface area contributed by atoms with E-state index in [9.17, 15) is 4.79 Å². The molecule has 2 rings (SSSR count). The number of carbonyl (C=O) groups excluding carboxylic acids is 1. The molecule has 1 amide bonds. The number of nitrogens with one attached hydrogen (secondary N) is 1. The van der Waals surface area contributed by atoms with Crippen molar-refractivity contribution >= 4 is 5.91 Å². The van der Waals surface area contributed by atoms with Crippen LogP contribution in [0.5, 0.6) is 5.75 Å². The summed E-state index contributed by atoms with van der Waals surface area (Å²) in [6, 6.07) is 20.1. The number of para-hydroxylation sites is 1. The Kier molecular flexibility index (Phi) is 8.56. The minimum absolute atomic E-state index is 0.0994. The van der Waals surface area contributed by atoms with Gasteiger partial charge in [0.25, 0.3) is 0 Å². The number of hydrogen-bond acceptors (Lipinski definition) is 3. The number of nitrogens with zero attached hydrogens (tertiary/aromatic N) is 1. The first-order chi connectivity index (χ1) is 12.2. The Balaban J connectivity index is 1.48. The number of rotatable bonds is 11.